The molecule has 100 valence electrons. The van der Waals surface area contributed by atoms with E-state index in [1.54, 1.807) is 0 Å². The lowest BCUT2D eigenvalue weighted by atomic mass is 10.1. The molecule has 1 aromatic rings. The van der Waals surface area contributed by atoms with Crippen molar-refractivity contribution in [1.29, 1.82) is 0 Å². The van der Waals surface area contributed by atoms with Gasteiger partial charge in [0.2, 0.25) is 0 Å². The van der Waals surface area contributed by atoms with E-state index < -0.39 is 11.6 Å². The van der Waals surface area contributed by atoms with Crippen molar-refractivity contribution in [2.24, 2.45) is 10.7 Å². The summed E-state index contributed by atoms with van der Waals surface area (Å²) in [6.45, 7) is 5.99. The first kappa shape index (κ1) is 14.4. The van der Waals surface area contributed by atoms with Crippen LogP contribution in [0.25, 0.3) is 0 Å². The first-order valence-electron chi connectivity index (χ1n) is 6.06. The number of nitrogens with zero attached hydrogens (tertiary/aromatic N) is 2. The number of halogens is 2. The lowest BCUT2D eigenvalue weighted by Crippen LogP contribution is -2.37. The third kappa shape index (κ3) is 4.31. The molecule has 0 bridgehead atoms. The van der Waals surface area contributed by atoms with E-state index in [-0.39, 0.29) is 0 Å². The van der Waals surface area contributed by atoms with E-state index in [1.165, 1.54) is 12.1 Å². The van der Waals surface area contributed by atoms with E-state index in [0.29, 0.717) is 24.5 Å². The Balaban J connectivity index is 2.57. The fraction of sp³-hybridized carbons (Fsp3) is 0.462. The summed E-state index contributed by atoms with van der Waals surface area (Å²) < 4.78 is 25.9. The smallest absolute Gasteiger partial charge is 0.191 e. The van der Waals surface area contributed by atoms with E-state index in [1.807, 2.05) is 18.7 Å². The van der Waals surface area contributed by atoms with Crippen LogP contribution < -0.4 is 5.73 Å². The normalized spacial score (nSPS) is 11.7. The van der Waals surface area contributed by atoms with Gasteiger partial charge in [0.15, 0.2) is 5.96 Å². The molecule has 0 amide bonds. The number of rotatable bonds is 5. The van der Waals surface area contributed by atoms with Crippen molar-refractivity contribution in [2.75, 3.05) is 19.6 Å². The van der Waals surface area contributed by atoms with Crippen LogP contribution in [0.4, 0.5) is 8.78 Å². The first-order valence-corrected chi connectivity index (χ1v) is 6.06. The third-order valence-corrected chi connectivity index (χ3v) is 2.68. The van der Waals surface area contributed by atoms with Crippen molar-refractivity contribution in [1.82, 2.24) is 4.90 Å². The highest BCUT2D eigenvalue weighted by Gasteiger charge is 2.03. The van der Waals surface area contributed by atoms with Gasteiger partial charge >= 0.3 is 0 Å². The fourth-order valence-corrected chi connectivity index (χ4v) is 1.70. The molecule has 0 saturated heterocycles. The predicted molar refractivity (Wildman–Crippen MR) is 69.5 cm³/mol. The topological polar surface area (TPSA) is 41.6 Å². The van der Waals surface area contributed by atoms with Gasteiger partial charge < -0.3 is 10.6 Å². The minimum atomic E-state index is -0.564. The number of benzene rings is 1. The summed E-state index contributed by atoms with van der Waals surface area (Å²) in [5.74, 6) is -0.659. The van der Waals surface area contributed by atoms with Crippen molar-refractivity contribution >= 4 is 5.96 Å². The maximum absolute atomic E-state index is 12.9. The van der Waals surface area contributed by atoms with Crippen LogP contribution in [-0.4, -0.2) is 30.5 Å². The number of guanidine groups is 1. The Bertz CT molecular complexity index is 394. The molecular formula is C13H19F2N3. The number of nitrogens with two attached hydrogens (primary N) is 1. The van der Waals surface area contributed by atoms with Gasteiger partial charge in [-0.25, -0.2) is 8.78 Å². The number of hydrogen-bond donors (Lipinski definition) is 1. The second-order valence-electron chi connectivity index (χ2n) is 3.94. The Hall–Kier alpha value is -1.65. The molecule has 0 radical (unpaired) electrons. The van der Waals surface area contributed by atoms with Gasteiger partial charge in [-0.3, -0.25) is 4.99 Å². The second kappa shape index (κ2) is 6.93. The molecule has 0 saturated carbocycles. The SMILES string of the molecule is CCN(CC)C(N)=NCCc1cc(F)cc(F)c1. The summed E-state index contributed by atoms with van der Waals surface area (Å²) >= 11 is 0. The van der Waals surface area contributed by atoms with Crippen molar-refractivity contribution in [2.45, 2.75) is 20.3 Å². The molecule has 1 aromatic carbocycles. The molecular weight excluding hydrogens is 236 g/mol. The zero-order chi connectivity index (χ0) is 13.5. The molecule has 0 unspecified atom stereocenters. The van der Waals surface area contributed by atoms with Gasteiger partial charge in [0.25, 0.3) is 0 Å². The fourth-order valence-electron chi connectivity index (χ4n) is 1.70. The summed E-state index contributed by atoms with van der Waals surface area (Å²) in [6, 6.07) is 3.48. The summed E-state index contributed by atoms with van der Waals surface area (Å²) in [5.41, 5.74) is 6.38. The molecule has 0 spiro atoms. The Kier molecular flexibility index (Phi) is 5.55. The molecule has 5 heteroatoms. The molecule has 0 fully saturated rings. The van der Waals surface area contributed by atoms with E-state index in [2.05, 4.69) is 4.99 Å². The zero-order valence-corrected chi connectivity index (χ0v) is 10.8. The molecule has 0 aliphatic rings. The maximum Gasteiger partial charge on any atom is 0.191 e. The van der Waals surface area contributed by atoms with Crippen LogP contribution >= 0.6 is 0 Å². The lowest BCUT2D eigenvalue weighted by molar-refractivity contribution is 0.458. The molecule has 0 aromatic heterocycles. The highest BCUT2D eigenvalue weighted by Crippen LogP contribution is 2.08. The standard InChI is InChI=1S/C13H19F2N3/c1-3-18(4-2)13(16)17-6-5-10-7-11(14)9-12(15)8-10/h7-9H,3-6H2,1-2H3,(H2,16,17). The molecule has 0 aliphatic heterocycles. The van der Waals surface area contributed by atoms with Gasteiger partial charge in [-0.1, -0.05) is 0 Å². The van der Waals surface area contributed by atoms with Gasteiger partial charge in [-0.15, -0.1) is 0 Å². The first-order chi connectivity index (χ1) is 8.56. The van der Waals surface area contributed by atoms with Crippen LogP contribution in [0.5, 0.6) is 0 Å². The van der Waals surface area contributed by atoms with Gasteiger partial charge in [0, 0.05) is 25.7 Å². The molecule has 1 rings (SSSR count). The molecule has 2 N–H and O–H groups in total. The summed E-state index contributed by atoms with van der Waals surface area (Å²) in [5, 5.41) is 0. The molecule has 0 aliphatic carbocycles. The largest absolute Gasteiger partial charge is 0.370 e. The third-order valence-electron chi connectivity index (χ3n) is 2.68. The van der Waals surface area contributed by atoms with Crippen molar-refractivity contribution in [3.8, 4) is 0 Å². The van der Waals surface area contributed by atoms with Crippen molar-refractivity contribution < 1.29 is 8.78 Å². The predicted octanol–water partition coefficient (Wildman–Crippen LogP) is 2.16. The Morgan fingerprint density at radius 2 is 1.72 bits per heavy atom. The van der Waals surface area contributed by atoms with Crippen molar-refractivity contribution in [3.05, 3.63) is 35.4 Å². The van der Waals surface area contributed by atoms with Crippen LogP contribution in [0.15, 0.2) is 23.2 Å². The molecule has 0 heterocycles. The van der Waals surface area contributed by atoms with Crippen LogP contribution in [0, 0.1) is 11.6 Å². The summed E-state index contributed by atoms with van der Waals surface area (Å²) in [4.78, 5) is 6.12. The van der Waals surface area contributed by atoms with Gasteiger partial charge in [0.1, 0.15) is 11.6 Å². The maximum atomic E-state index is 12.9. The highest BCUT2D eigenvalue weighted by molar-refractivity contribution is 5.77. The lowest BCUT2D eigenvalue weighted by Gasteiger charge is -2.19. The minimum Gasteiger partial charge on any atom is -0.370 e. The Morgan fingerprint density at radius 1 is 1.17 bits per heavy atom. The molecule has 0 atom stereocenters. The summed E-state index contributed by atoms with van der Waals surface area (Å²) in [7, 11) is 0. The minimum absolute atomic E-state index is 0.422. The average molecular weight is 255 g/mol. The average Bonchev–Trinajstić information content (AvgIpc) is 2.29. The monoisotopic (exact) mass is 255 g/mol. The van der Waals surface area contributed by atoms with E-state index in [0.717, 1.165) is 19.2 Å². The summed E-state index contributed by atoms with van der Waals surface area (Å²) in [6.07, 6.45) is 0.469. The Morgan fingerprint density at radius 3 is 2.22 bits per heavy atom. The van der Waals surface area contributed by atoms with Gasteiger partial charge in [-0.2, -0.15) is 0 Å². The molecule has 18 heavy (non-hydrogen) atoms. The molecule has 3 nitrogen and oxygen atoms in total. The van der Waals surface area contributed by atoms with Crippen LogP contribution in [-0.2, 0) is 6.42 Å². The van der Waals surface area contributed by atoms with E-state index in [9.17, 15) is 8.78 Å². The van der Waals surface area contributed by atoms with Crippen LogP contribution in [0.2, 0.25) is 0 Å². The highest BCUT2D eigenvalue weighted by atomic mass is 19.1. The Labute approximate surface area is 106 Å². The van der Waals surface area contributed by atoms with E-state index in [4.69, 9.17) is 5.73 Å². The van der Waals surface area contributed by atoms with Gasteiger partial charge in [0.05, 0.1) is 0 Å². The van der Waals surface area contributed by atoms with Gasteiger partial charge in [-0.05, 0) is 38.0 Å². The van der Waals surface area contributed by atoms with Crippen LogP contribution in [0.3, 0.4) is 0 Å². The quantitative estimate of drug-likeness (QED) is 0.647. The number of aliphatic imine (C=N–C) groups is 1. The van der Waals surface area contributed by atoms with Crippen molar-refractivity contribution in [3.63, 3.8) is 0 Å². The second-order valence-corrected chi connectivity index (χ2v) is 3.94. The number of hydrogen-bond acceptors (Lipinski definition) is 1. The van der Waals surface area contributed by atoms with E-state index >= 15 is 0 Å². The zero-order valence-electron chi connectivity index (χ0n) is 10.8. The van der Waals surface area contributed by atoms with Crippen LogP contribution in [0.1, 0.15) is 19.4 Å².